The summed E-state index contributed by atoms with van der Waals surface area (Å²) in [6.07, 6.45) is -15.2. The first-order chi connectivity index (χ1) is 11.3. The molecule has 0 fully saturated rings. The van der Waals surface area contributed by atoms with Crippen molar-refractivity contribution in [3.8, 4) is 16.9 Å². The van der Waals surface area contributed by atoms with Crippen LogP contribution in [0.15, 0.2) is 36.5 Å². The standard InChI is InChI=1S/C14H6F9NO/c15-12(16,17)10-9(5-6-24-11(10)13(18,19)20)7-1-3-8(4-2-7)25-14(21,22)23/h1-6H. The zero-order chi connectivity index (χ0) is 19.0. The van der Waals surface area contributed by atoms with Crippen LogP contribution in [0.1, 0.15) is 11.3 Å². The van der Waals surface area contributed by atoms with E-state index in [9.17, 15) is 39.5 Å². The summed E-state index contributed by atoms with van der Waals surface area (Å²) >= 11 is 0. The minimum Gasteiger partial charge on any atom is -0.406 e. The molecule has 0 radical (unpaired) electrons. The summed E-state index contributed by atoms with van der Waals surface area (Å²) in [5.74, 6) is -0.727. The fraction of sp³-hybridized carbons (Fsp3) is 0.214. The first-order valence-corrected chi connectivity index (χ1v) is 6.28. The molecule has 0 spiro atoms. The van der Waals surface area contributed by atoms with Crippen LogP contribution < -0.4 is 4.74 Å². The molecule has 0 bridgehead atoms. The second-order valence-electron chi connectivity index (χ2n) is 4.65. The summed E-state index contributed by atoms with van der Waals surface area (Å²) in [6, 6.07) is 3.64. The Hall–Kier alpha value is -2.46. The average Bonchev–Trinajstić information content (AvgIpc) is 2.44. The number of nitrogens with zero attached hydrogens (tertiary/aromatic N) is 1. The molecular formula is C14H6F9NO. The number of alkyl halides is 9. The normalized spacial score (nSPS) is 13.0. The van der Waals surface area contributed by atoms with Crippen molar-refractivity contribution in [3.63, 3.8) is 0 Å². The fourth-order valence-electron chi connectivity index (χ4n) is 2.04. The smallest absolute Gasteiger partial charge is 0.406 e. The van der Waals surface area contributed by atoms with E-state index in [2.05, 4.69) is 9.72 Å². The van der Waals surface area contributed by atoms with Crippen molar-refractivity contribution in [2.45, 2.75) is 18.7 Å². The number of hydrogen-bond donors (Lipinski definition) is 0. The third-order valence-corrected chi connectivity index (χ3v) is 2.90. The van der Waals surface area contributed by atoms with E-state index in [1.807, 2.05) is 0 Å². The molecule has 0 amide bonds. The molecule has 0 unspecified atom stereocenters. The minimum atomic E-state index is -5.38. The predicted molar refractivity (Wildman–Crippen MR) is 66.4 cm³/mol. The van der Waals surface area contributed by atoms with E-state index < -0.39 is 41.3 Å². The van der Waals surface area contributed by atoms with Crippen LogP contribution in [-0.4, -0.2) is 11.3 Å². The van der Waals surface area contributed by atoms with E-state index in [-0.39, 0.29) is 5.56 Å². The number of benzene rings is 1. The molecule has 1 aromatic heterocycles. The molecule has 0 aliphatic carbocycles. The van der Waals surface area contributed by atoms with E-state index in [1.54, 1.807) is 0 Å². The topological polar surface area (TPSA) is 22.1 Å². The van der Waals surface area contributed by atoms with Gasteiger partial charge in [-0.15, -0.1) is 13.2 Å². The Bertz CT molecular complexity index is 745. The van der Waals surface area contributed by atoms with E-state index in [4.69, 9.17) is 0 Å². The number of hydrogen-bond acceptors (Lipinski definition) is 2. The number of rotatable bonds is 2. The molecule has 2 rings (SSSR count). The van der Waals surface area contributed by atoms with E-state index in [0.29, 0.717) is 24.4 Å². The van der Waals surface area contributed by atoms with Crippen molar-refractivity contribution < 1.29 is 44.3 Å². The van der Waals surface area contributed by atoms with Crippen LogP contribution in [0, 0.1) is 0 Å². The van der Waals surface area contributed by atoms with Gasteiger partial charge in [0.15, 0.2) is 5.69 Å². The number of aromatic nitrogens is 1. The number of ether oxygens (including phenoxy) is 1. The molecule has 1 aromatic carbocycles. The van der Waals surface area contributed by atoms with E-state index in [0.717, 1.165) is 12.1 Å². The highest BCUT2D eigenvalue weighted by Crippen LogP contribution is 2.44. The van der Waals surface area contributed by atoms with Gasteiger partial charge < -0.3 is 4.74 Å². The molecule has 2 nitrogen and oxygen atoms in total. The maximum atomic E-state index is 13.1. The Morgan fingerprint density at radius 1 is 0.720 bits per heavy atom. The maximum Gasteiger partial charge on any atom is 0.573 e. The van der Waals surface area contributed by atoms with Gasteiger partial charge in [-0.05, 0) is 29.3 Å². The third kappa shape index (κ3) is 4.54. The molecule has 0 saturated carbocycles. The van der Waals surface area contributed by atoms with Crippen LogP contribution in [0.4, 0.5) is 39.5 Å². The Balaban J connectivity index is 2.56. The Kier molecular flexibility index (Phi) is 4.62. The van der Waals surface area contributed by atoms with Gasteiger partial charge in [-0.25, -0.2) is 0 Å². The summed E-state index contributed by atoms with van der Waals surface area (Å²) in [4.78, 5) is 2.75. The van der Waals surface area contributed by atoms with Crippen molar-refractivity contribution in [1.29, 1.82) is 0 Å². The van der Waals surface area contributed by atoms with Gasteiger partial charge >= 0.3 is 18.7 Å². The third-order valence-electron chi connectivity index (χ3n) is 2.90. The maximum absolute atomic E-state index is 13.1. The highest BCUT2D eigenvalue weighted by molar-refractivity contribution is 5.69. The summed E-state index contributed by atoms with van der Waals surface area (Å²) in [5.41, 5.74) is -5.40. The lowest BCUT2D eigenvalue weighted by Crippen LogP contribution is -2.19. The van der Waals surface area contributed by atoms with Gasteiger partial charge in [0.1, 0.15) is 5.75 Å². The molecule has 11 heteroatoms. The summed E-state index contributed by atoms with van der Waals surface area (Å²) in [7, 11) is 0. The van der Waals surface area contributed by atoms with Crippen molar-refractivity contribution in [1.82, 2.24) is 4.98 Å². The lowest BCUT2D eigenvalue weighted by Gasteiger charge is -2.18. The quantitative estimate of drug-likeness (QED) is 0.630. The molecule has 0 saturated heterocycles. The first kappa shape index (κ1) is 18.9. The van der Waals surface area contributed by atoms with E-state index >= 15 is 0 Å². The predicted octanol–water partition coefficient (Wildman–Crippen LogP) is 5.68. The highest BCUT2D eigenvalue weighted by Gasteiger charge is 2.46. The van der Waals surface area contributed by atoms with Crippen molar-refractivity contribution in [2.24, 2.45) is 0 Å². The fourth-order valence-corrected chi connectivity index (χ4v) is 2.04. The molecular weight excluding hydrogens is 369 g/mol. The van der Waals surface area contributed by atoms with Crippen molar-refractivity contribution in [2.75, 3.05) is 0 Å². The zero-order valence-electron chi connectivity index (χ0n) is 11.7. The van der Waals surface area contributed by atoms with Gasteiger partial charge in [0.25, 0.3) is 0 Å². The van der Waals surface area contributed by atoms with E-state index in [1.165, 1.54) is 0 Å². The number of pyridine rings is 1. The van der Waals surface area contributed by atoms with Gasteiger partial charge in [-0.2, -0.15) is 26.3 Å². The molecule has 0 aliphatic heterocycles. The summed E-state index contributed by atoms with van der Waals surface area (Å²) < 4.78 is 118. The van der Waals surface area contributed by atoms with Crippen LogP contribution in [0.3, 0.4) is 0 Å². The van der Waals surface area contributed by atoms with Gasteiger partial charge in [-0.3, -0.25) is 4.98 Å². The minimum absolute atomic E-state index is 0.380. The molecule has 25 heavy (non-hydrogen) atoms. The van der Waals surface area contributed by atoms with Crippen LogP contribution in [-0.2, 0) is 12.4 Å². The Labute approximate surface area is 133 Å². The largest absolute Gasteiger partial charge is 0.573 e. The van der Waals surface area contributed by atoms with Crippen molar-refractivity contribution >= 4 is 0 Å². The molecule has 136 valence electrons. The molecule has 1 heterocycles. The highest BCUT2D eigenvalue weighted by atomic mass is 19.4. The SMILES string of the molecule is FC(F)(F)Oc1ccc(-c2ccnc(C(F)(F)F)c2C(F)(F)F)cc1. The van der Waals surface area contributed by atoms with Gasteiger partial charge in [0, 0.05) is 6.20 Å². The zero-order valence-corrected chi connectivity index (χ0v) is 11.7. The molecule has 0 atom stereocenters. The lowest BCUT2D eigenvalue weighted by atomic mass is 9.98. The first-order valence-electron chi connectivity index (χ1n) is 6.28. The van der Waals surface area contributed by atoms with Gasteiger partial charge in [0.2, 0.25) is 0 Å². The lowest BCUT2D eigenvalue weighted by molar-refractivity contribution is -0.274. The molecule has 2 aromatic rings. The second kappa shape index (κ2) is 6.12. The molecule has 0 N–H and O–H groups in total. The van der Waals surface area contributed by atoms with Crippen molar-refractivity contribution in [3.05, 3.63) is 47.8 Å². The van der Waals surface area contributed by atoms with Crippen LogP contribution in [0.2, 0.25) is 0 Å². The van der Waals surface area contributed by atoms with Gasteiger partial charge in [0.05, 0.1) is 5.56 Å². The summed E-state index contributed by atoms with van der Waals surface area (Å²) in [6.45, 7) is 0. The Morgan fingerprint density at radius 2 is 1.28 bits per heavy atom. The van der Waals surface area contributed by atoms with Gasteiger partial charge in [-0.1, -0.05) is 12.1 Å². The second-order valence-corrected chi connectivity index (χ2v) is 4.65. The van der Waals surface area contributed by atoms with Crippen LogP contribution >= 0.6 is 0 Å². The Morgan fingerprint density at radius 3 is 1.72 bits per heavy atom. The summed E-state index contributed by atoms with van der Waals surface area (Å²) in [5, 5.41) is 0. The van der Waals surface area contributed by atoms with Crippen LogP contribution in [0.5, 0.6) is 5.75 Å². The molecule has 0 aliphatic rings. The average molecular weight is 375 g/mol. The number of halogens is 9. The van der Waals surface area contributed by atoms with Crippen LogP contribution in [0.25, 0.3) is 11.1 Å². The monoisotopic (exact) mass is 375 g/mol.